The minimum absolute atomic E-state index is 0.316. The van der Waals surface area contributed by atoms with Crippen LogP contribution in [0, 0.1) is 5.92 Å². The fraction of sp³-hybridized carbons (Fsp3) is 0.263. The van der Waals surface area contributed by atoms with Gasteiger partial charge in [0.2, 0.25) is 0 Å². The second-order valence-electron chi connectivity index (χ2n) is 6.07. The van der Waals surface area contributed by atoms with Crippen LogP contribution in [0.4, 0.5) is 15.3 Å². The molecule has 0 radical (unpaired) electrons. The first-order valence-electron chi connectivity index (χ1n) is 8.58. The van der Waals surface area contributed by atoms with Gasteiger partial charge in [-0.15, -0.1) is 0 Å². The number of benzene rings is 1. The molecule has 0 bridgehead atoms. The van der Waals surface area contributed by atoms with Crippen LogP contribution in [0.2, 0.25) is 10.0 Å². The summed E-state index contributed by atoms with van der Waals surface area (Å²) < 4.78 is 5.05. The van der Waals surface area contributed by atoms with Gasteiger partial charge in [0.1, 0.15) is 5.84 Å². The molecule has 146 valence electrons. The molecular weight excluding hydrogens is 403 g/mol. The Hall–Kier alpha value is -2.48. The largest absolute Gasteiger partial charge is 0.385 e. The molecule has 0 spiro atoms. The second-order valence-corrected chi connectivity index (χ2v) is 6.88. The summed E-state index contributed by atoms with van der Waals surface area (Å²) in [6, 6.07) is 3.64. The quantitative estimate of drug-likeness (QED) is 0.707. The molecule has 0 fully saturated rings. The number of hydrogen-bond acceptors (Lipinski definition) is 3. The standard InChI is InChI=1S/C19H18Cl2N4O3/c1-28-10-4-9-25-17(13-5-2-3-6-16(13)23-19(25)27)24-18(26)22-12-7-8-14(20)15(21)11-12/h2-3,5-8,11,13H,4,9-10H2,1H3,(H,22,26)/b24-17-. The number of allylic oxidation sites excluding steroid dienone is 3. The van der Waals surface area contributed by atoms with Crippen LogP contribution in [0.25, 0.3) is 0 Å². The Morgan fingerprint density at radius 1 is 1.32 bits per heavy atom. The molecule has 1 aromatic carbocycles. The molecule has 7 nitrogen and oxygen atoms in total. The van der Waals surface area contributed by atoms with Gasteiger partial charge < -0.3 is 10.1 Å². The first-order chi connectivity index (χ1) is 13.5. The monoisotopic (exact) mass is 420 g/mol. The zero-order valence-corrected chi connectivity index (χ0v) is 16.6. The minimum Gasteiger partial charge on any atom is -0.385 e. The van der Waals surface area contributed by atoms with E-state index >= 15 is 0 Å². The molecule has 4 amide bonds. The average molecular weight is 421 g/mol. The lowest BCUT2D eigenvalue weighted by Gasteiger charge is -2.31. The van der Waals surface area contributed by atoms with Crippen molar-refractivity contribution >= 4 is 52.5 Å². The second kappa shape index (κ2) is 9.14. The van der Waals surface area contributed by atoms with E-state index in [1.165, 1.54) is 11.0 Å². The van der Waals surface area contributed by atoms with E-state index < -0.39 is 12.1 Å². The molecule has 0 saturated carbocycles. The number of carbonyl (C=O) groups is 2. The van der Waals surface area contributed by atoms with E-state index in [9.17, 15) is 9.59 Å². The predicted octanol–water partition coefficient (Wildman–Crippen LogP) is 4.58. The van der Waals surface area contributed by atoms with Gasteiger partial charge in [-0.3, -0.25) is 4.90 Å². The van der Waals surface area contributed by atoms with Crippen molar-refractivity contribution in [1.29, 1.82) is 0 Å². The molecule has 1 aromatic rings. The summed E-state index contributed by atoms with van der Waals surface area (Å²) >= 11 is 11.9. The van der Waals surface area contributed by atoms with Crippen LogP contribution in [0.15, 0.2) is 52.5 Å². The fourth-order valence-corrected chi connectivity index (χ4v) is 3.13. The third kappa shape index (κ3) is 4.67. The van der Waals surface area contributed by atoms with E-state index in [1.807, 2.05) is 12.2 Å². The Morgan fingerprint density at radius 3 is 2.89 bits per heavy atom. The van der Waals surface area contributed by atoms with Crippen molar-refractivity contribution < 1.29 is 14.3 Å². The van der Waals surface area contributed by atoms with Crippen LogP contribution in [0.1, 0.15) is 6.42 Å². The Bertz CT molecular complexity index is 908. The third-order valence-corrected chi connectivity index (χ3v) is 4.87. The van der Waals surface area contributed by atoms with E-state index in [1.54, 1.807) is 31.4 Å². The number of rotatable bonds is 5. The van der Waals surface area contributed by atoms with Crippen molar-refractivity contribution in [1.82, 2.24) is 4.90 Å². The van der Waals surface area contributed by atoms with Crippen LogP contribution in [-0.2, 0) is 4.74 Å². The lowest BCUT2D eigenvalue weighted by Crippen LogP contribution is -2.47. The van der Waals surface area contributed by atoms with Gasteiger partial charge in [0, 0.05) is 25.9 Å². The van der Waals surface area contributed by atoms with Gasteiger partial charge in [-0.25, -0.2) is 9.59 Å². The molecule has 3 rings (SSSR count). The van der Waals surface area contributed by atoms with Crippen molar-refractivity contribution in [3.63, 3.8) is 0 Å². The minimum atomic E-state index is -0.623. The third-order valence-electron chi connectivity index (χ3n) is 4.13. The zero-order chi connectivity index (χ0) is 20.1. The van der Waals surface area contributed by atoms with Crippen molar-refractivity contribution in [2.24, 2.45) is 15.9 Å². The fourth-order valence-electron chi connectivity index (χ4n) is 2.83. The lowest BCUT2D eigenvalue weighted by molar-refractivity contribution is 0.184. The SMILES string of the molecule is COCCCN1C(=O)N=C2C=CC=CC2/C1=N/C(=O)Nc1ccc(Cl)c(Cl)c1. The Morgan fingerprint density at radius 2 is 2.14 bits per heavy atom. The van der Waals surface area contributed by atoms with Gasteiger partial charge in [0.25, 0.3) is 0 Å². The van der Waals surface area contributed by atoms with E-state index in [2.05, 4.69) is 15.3 Å². The highest BCUT2D eigenvalue weighted by Crippen LogP contribution is 2.25. The average Bonchev–Trinajstić information content (AvgIpc) is 2.67. The number of halogens is 2. The predicted molar refractivity (Wildman–Crippen MR) is 111 cm³/mol. The Kier molecular flexibility index (Phi) is 6.61. The highest BCUT2D eigenvalue weighted by Gasteiger charge is 2.34. The molecule has 1 unspecified atom stereocenters. The van der Waals surface area contributed by atoms with Crippen molar-refractivity contribution in [2.75, 3.05) is 25.6 Å². The maximum Gasteiger partial charge on any atom is 0.349 e. The van der Waals surface area contributed by atoms with Crippen molar-refractivity contribution in [3.05, 3.63) is 52.5 Å². The number of urea groups is 2. The maximum absolute atomic E-state index is 12.5. The summed E-state index contributed by atoms with van der Waals surface area (Å²) in [6.45, 7) is 0.819. The Balaban J connectivity index is 1.86. The molecular formula is C19H18Cl2N4O3. The highest BCUT2D eigenvalue weighted by atomic mass is 35.5. The highest BCUT2D eigenvalue weighted by molar-refractivity contribution is 6.42. The van der Waals surface area contributed by atoms with Gasteiger partial charge in [0.15, 0.2) is 0 Å². The number of nitrogens with one attached hydrogen (secondary N) is 1. The molecule has 9 heteroatoms. The van der Waals surface area contributed by atoms with E-state index in [-0.39, 0.29) is 5.92 Å². The van der Waals surface area contributed by atoms with Crippen LogP contribution >= 0.6 is 23.2 Å². The summed E-state index contributed by atoms with van der Waals surface area (Å²) in [6.07, 6.45) is 7.80. The van der Waals surface area contributed by atoms with Crippen LogP contribution in [0.3, 0.4) is 0 Å². The molecule has 28 heavy (non-hydrogen) atoms. The first kappa shape index (κ1) is 20.3. The van der Waals surface area contributed by atoms with Crippen molar-refractivity contribution in [2.45, 2.75) is 6.42 Å². The summed E-state index contributed by atoms with van der Waals surface area (Å²) in [5.74, 6) is -0.0472. The molecule has 1 aliphatic carbocycles. The summed E-state index contributed by atoms with van der Waals surface area (Å²) in [5, 5.41) is 3.34. The zero-order valence-electron chi connectivity index (χ0n) is 15.1. The number of nitrogens with zero attached hydrogens (tertiary/aromatic N) is 3. The number of hydrogen-bond donors (Lipinski definition) is 1. The molecule has 2 aliphatic rings. The van der Waals surface area contributed by atoms with Gasteiger partial charge >= 0.3 is 12.1 Å². The smallest absolute Gasteiger partial charge is 0.349 e. The number of methoxy groups -OCH3 is 1. The normalized spacial score (nSPS) is 19.6. The van der Waals surface area contributed by atoms with E-state index in [0.29, 0.717) is 46.9 Å². The van der Waals surface area contributed by atoms with Gasteiger partial charge in [-0.2, -0.15) is 9.98 Å². The van der Waals surface area contributed by atoms with Crippen LogP contribution in [0.5, 0.6) is 0 Å². The molecule has 0 saturated heterocycles. The maximum atomic E-state index is 12.5. The van der Waals surface area contributed by atoms with E-state index in [0.717, 1.165) is 0 Å². The summed E-state index contributed by atoms with van der Waals surface area (Å²) in [4.78, 5) is 34.7. The topological polar surface area (TPSA) is 83.4 Å². The van der Waals surface area contributed by atoms with Crippen LogP contribution < -0.4 is 5.32 Å². The van der Waals surface area contributed by atoms with Crippen LogP contribution in [-0.4, -0.2) is 48.8 Å². The number of fused-ring (bicyclic) bond motifs is 1. The summed E-state index contributed by atoms with van der Waals surface area (Å²) in [5.41, 5.74) is 1.00. The van der Waals surface area contributed by atoms with Gasteiger partial charge in [-0.05, 0) is 30.7 Å². The first-order valence-corrected chi connectivity index (χ1v) is 9.33. The Labute approximate surface area is 172 Å². The number of amides is 4. The van der Waals surface area contributed by atoms with E-state index in [4.69, 9.17) is 27.9 Å². The molecule has 1 aliphatic heterocycles. The number of aliphatic imine (C=N–C) groups is 2. The molecule has 1 heterocycles. The molecule has 0 aromatic heterocycles. The van der Waals surface area contributed by atoms with Crippen molar-refractivity contribution in [3.8, 4) is 0 Å². The number of amidine groups is 1. The molecule has 1 atom stereocenters. The van der Waals surface area contributed by atoms with Gasteiger partial charge in [0.05, 0.1) is 21.7 Å². The molecule has 1 N–H and O–H groups in total. The number of anilines is 1. The lowest BCUT2D eigenvalue weighted by atomic mass is 9.94. The number of ether oxygens (including phenoxy) is 1. The van der Waals surface area contributed by atoms with Gasteiger partial charge in [-0.1, -0.05) is 41.4 Å². The summed E-state index contributed by atoms with van der Waals surface area (Å²) in [7, 11) is 1.59. The number of carbonyl (C=O) groups excluding carboxylic acids is 2.